The lowest BCUT2D eigenvalue weighted by molar-refractivity contribution is -0.130. The first-order valence-electron chi connectivity index (χ1n) is 8.33. The smallest absolute Gasteiger partial charge is 0.283 e. The van der Waals surface area contributed by atoms with Gasteiger partial charge in [0.25, 0.3) is 5.91 Å². The topological polar surface area (TPSA) is 96.2 Å². The highest BCUT2D eigenvalue weighted by Gasteiger charge is 2.26. The Labute approximate surface area is 153 Å². The van der Waals surface area contributed by atoms with Gasteiger partial charge in [-0.25, -0.2) is 15.0 Å². The van der Waals surface area contributed by atoms with Crippen LogP contribution in [0.1, 0.15) is 16.7 Å². The normalized spacial score (nSPS) is 15.0. The summed E-state index contributed by atoms with van der Waals surface area (Å²) in [7, 11) is 3.69. The van der Waals surface area contributed by atoms with Crippen molar-refractivity contribution in [3.8, 4) is 0 Å². The third kappa shape index (κ3) is 2.57. The highest BCUT2D eigenvalue weighted by molar-refractivity contribution is 7.20. The Balaban J connectivity index is 1.69. The van der Waals surface area contributed by atoms with Crippen molar-refractivity contribution in [2.24, 2.45) is 7.05 Å². The molecule has 1 saturated heterocycles. The molecule has 0 saturated carbocycles. The van der Waals surface area contributed by atoms with Crippen molar-refractivity contribution >= 4 is 50.3 Å². The van der Waals surface area contributed by atoms with Crippen molar-refractivity contribution in [1.82, 2.24) is 29.3 Å². The van der Waals surface area contributed by atoms with Gasteiger partial charge in [0.15, 0.2) is 10.8 Å². The number of piperazine rings is 1. The summed E-state index contributed by atoms with van der Waals surface area (Å²) < 4.78 is 1.89. The van der Waals surface area contributed by atoms with Crippen molar-refractivity contribution in [1.29, 1.82) is 0 Å². The Morgan fingerprint density at radius 1 is 1.12 bits per heavy atom. The summed E-state index contributed by atoms with van der Waals surface area (Å²) >= 11 is 1.29. The van der Waals surface area contributed by atoms with Crippen LogP contribution >= 0.6 is 11.3 Å². The van der Waals surface area contributed by atoms with Gasteiger partial charge in [-0.3, -0.25) is 9.59 Å². The number of thiazole rings is 1. The van der Waals surface area contributed by atoms with Crippen LogP contribution in [0, 0.1) is 0 Å². The Bertz CT molecular complexity index is 1020. The molecule has 136 valence electrons. The molecule has 0 aliphatic carbocycles. The first-order valence-corrected chi connectivity index (χ1v) is 9.15. The molecule has 10 heteroatoms. The van der Waals surface area contributed by atoms with Crippen molar-refractivity contribution in [3.05, 3.63) is 11.3 Å². The number of amides is 2. The average molecular weight is 373 g/mol. The highest BCUT2D eigenvalue weighted by Crippen LogP contribution is 2.31. The molecule has 0 bridgehead atoms. The molecule has 3 aromatic rings. The standard InChI is InChI=1S/C16H19N7O2S/c1-9(24)22-4-6-23(7-5-22)16(25)15-19-11-12-10(18-8-21(12)3)13(17-2)20-14(11)26-15/h8H,4-7H2,1-3H3,(H,17,20). The number of hydrogen-bond acceptors (Lipinski definition) is 7. The summed E-state index contributed by atoms with van der Waals surface area (Å²) in [5.74, 6) is 0.600. The van der Waals surface area contributed by atoms with E-state index in [9.17, 15) is 9.59 Å². The molecule has 0 unspecified atom stereocenters. The summed E-state index contributed by atoms with van der Waals surface area (Å²) in [5.41, 5.74) is 2.28. The molecular weight excluding hydrogens is 354 g/mol. The fourth-order valence-electron chi connectivity index (χ4n) is 3.20. The molecule has 3 aromatic heterocycles. The number of aromatic nitrogens is 4. The maximum atomic E-state index is 12.9. The zero-order valence-corrected chi connectivity index (χ0v) is 15.6. The monoisotopic (exact) mass is 373 g/mol. The minimum atomic E-state index is -0.113. The van der Waals surface area contributed by atoms with Crippen molar-refractivity contribution in [2.45, 2.75) is 6.92 Å². The van der Waals surface area contributed by atoms with Crippen LogP contribution in [-0.4, -0.2) is 74.4 Å². The first-order chi connectivity index (χ1) is 12.5. The number of imidazole rings is 1. The van der Waals surface area contributed by atoms with Gasteiger partial charge in [0.1, 0.15) is 21.4 Å². The average Bonchev–Trinajstić information content (AvgIpc) is 3.24. The molecule has 2 amide bonds. The number of nitrogens with zero attached hydrogens (tertiary/aromatic N) is 6. The molecule has 9 nitrogen and oxygen atoms in total. The number of carbonyl (C=O) groups is 2. The summed E-state index contributed by atoms with van der Waals surface area (Å²) in [6.07, 6.45) is 1.72. The minimum absolute atomic E-state index is 0.0412. The van der Waals surface area contributed by atoms with E-state index < -0.39 is 0 Å². The summed E-state index contributed by atoms with van der Waals surface area (Å²) in [4.78, 5) is 42.0. The SMILES string of the molecule is CNc1nc2sc(C(=O)N3CCN(C(C)=O)CC3)nc2c2c1ncn2C. The molecule has 4 heterocycles. The van der Waals surface area contributed by atoms with Crippen LogP contribution < -0.4 is 5.32 Å². The minimum Gasteiger partial charge on any atom is -0.371 e. The predicted octanol–water partition coefficient (Wildman–Crippen LogP) is 0.924. The van der Waals surface area contributed by atoms with Gasteiger partial charge in [-0.05, 0) is 0 Å². The van der Waals surface area contributed by atoms with Crippen LogP contribution in [0.3, 0.4) is 0 Å². The second kappa shape index (κ2) is 6.20. The Morgan fingerprint density at radius 2 is 1.81 bits per heavy atom. The Kier molecular flexibility index (Phi) is 3.98. The molecule has 0 spiro atoms. The van der Waals surface area contributed by atoms with E-state index in [0.29, 0.717) is 47.4 Å². The van der Waals surface area contributed by atoms with Gasteiger partial charge in [-0.15, -0.1) is 0 Å². The van der Waals surface area contributed by atoms with Crippen molar-refractivity contribution in [2.75, 3.05) is 38.5 Å². The van der Waals surface area contributed by atoms with Gasteiger partial charge in [-0.1, -0.05) is 11.3 Å². The molecular formula is C16H19N7O2S. The summed E-state index contributed by atoms with van der Waals surface area (Å²) in [6, 6.07) is 0. The second-order valence-electron chi connectivity index (χ2n) is 6.23. The summed E-state index contributed by atoms with van der Waals surface area (Å²) in [5, 5.41) is 3.47. The molecule has 26 heavy (non-hydrogen) atoms. The lowest BCUT2D eigenvalue weighted by Gasteiger charge is -2.33. The highest BCUT2D eigenvalue weighted by atomic mass is 32.1. The number of hydrogen-bond donors (Lipinski definition) is 1. The molecule has 4 rings (SSSR count). The van der Waals surface area contributed by atoms with Gasteiger partial charge in [0, 0.05) is 47.2 Å². The van der Waals surface area contributed by atoms with Gasteiger partial charge >= 0.3 is 0 Å². The van der Waals surface area contributed by atoms with Crippen LogP contribution in [0.4, 0.5) is 5.82 Å². The number of fused-ring (bicyclic) bond motifs is 3. The third-order valence-electron chi connectivity index (χ3n) is 4.64. The van der Waals surface area contributed by atoms with E-state index in [-0.39, 0.29) is 11.8 Å². The molecule has 0 atom stereocenters. The van der Waals surface area contributed by atoms with Crippen molar-refractivity contribution < 1.29 is 9.59 Å². The maximum absolute atomic E-state index is 12.9. The zero-order chi connectivity index (χ0) is 18.4. The number of aryl methyl sites for hydroxylation is 1. The van der Waals surface area contributed by atoms with Gasteiger partial charge in [0.2, 0.25) is 5.91 Å². The second-order valence-corrected chi connectivity index (χ2v) is 7.21. The van der Waals surface area contributed by atoms with E-state index in [1.807, 2.05) is 11.6 Å². The van der Waals surface area contributed by atoms with E-state index in [0.717, 1.165) is 11.0 Å². The predicted molar refractivity (Wildman–Crippen MR) is 99.4 cm³/mol. The summed E-state index contributed by atoms with van der Waals surface area (Å²) in [6.45, 7) is 3.70. The van der Waals surface area contributed by atoms with Gasteiger partial charge < -0.3 is 19.7 Å². The van der Waals surface area contributed by atoms with E-state index in [2.05, 4.69) is 20.3 Å². The van der Waals surface area contributed by atoms with Crippen LogP contribution in [0.5, 0.6) is 0 Å². The molecule has 1 aliphatic rings. The number of carbonyl (C=O) groups excluding carboxylic acids is 2. The van der Waals surface area contributed by atoms with E-state index in [1.54, 1.807) is 30.1 Å². The molecule has 1 fully saturated rings. The lowest BCUT2D eigenvalue weighted by atomic mass is 10.3. The number of rotatable bonds is 2. The fraction of sp³-hybridized carbons (Fsp3) is 0.438. The third-order valence-corrected chi connectivity index (χ3v) is 5.58. The molecule has 0 aromatic carbocycles. The molecule has 1 aliphatic heterocycles. The maximum Gasteiger partial charge on any atom is 0.283 e. The Morgan fingerprint density at radius 3 is 2.46 bits per heavy atom. The van der Waals surface area contributed by atoms with Crippen LogP contribution in [0.25, 0.3) is 21.4 Å². The number of nitrogens with one attached hydrogen (secondary N) is 1. The van der Waals surface area contributed by atoms with E-state index >= 15 is 0 Å². The van der Waals surface area contributed by atoms with Crippen molar-refractivity contribution in [3.63, 3.8) is 0 Å². The first kappa shape index (κ1) is 16.7. The number of pyridine rings is 1. The Hall–Kier alpha value is -2.75. The van der Waals surface area contributed by atoms with Crippen LogP contribution in [0.2, 0.25) is 0 Å². The van der Waals surface area contributed by atoms with Gasteiger partial charge in [0.05, 0.1) is 6.33 Å². The van der Waals surface area contributed by atoms with Crippen LogP contribution in [0.15, 0.2) is 6.33 Å². The van der Waals surface area contributed by atoms with E-state index in [1.165, 1.54) is 11.3 Å². The molecule has 0 radical (unpaired) electrons. The van der Waals surface area contributed by atoms with E-state index in [4.69, 9.17) is 0 Å². The van der Waals surface area contributed by atoms with Gasteiger partial charge in [-0.2, -0.15) is 0 Å². The number of anilines is 1. The quantitative estimate of drug-likeness (QED) is 0.718. The fourth-order valence-corrected chi connectivity index (χ4v) is 4.12. The molecule has 1 N–H and O–H groups in total. The lowest BCUT2D eigenvalue weighted by Crippen LogP contribution is -2.50. The van der Waals surface area contributed by atoms with Crippen LogP contribution in [-0.2, 0) is 11.8 Å². The zero-order valence-electron chi connectivity index (χ0n) is 14.8. The largest absolute Gasteiger partial charge is 0.371 e.